The van der Waals surface area contributed by atoms with Crippen molar-refractivity contribution in [2.24, 2.45) is 0 Å². The lowest BCUT2D eigenvalue weighted by molar-refractivity contribution is -0.0505. The molecule has 2 aliphatic heterocycles. The number of hydrogen-bond acceptors (Lipinski definition) is 3. The number of halogens is 1. The Morgan fingerprint density at radius 1 is 1.39 bits per heavy atom. The van der Waals surface area contributed by atoms with Gasteiger partial charge in [0, 0.05) is 25.1 Å². The molecule has 1 saturated heterocycles. The van der Waals surface area contributed by atoms with Gasteiger partial charge in [0.1, 0.15) is 17.2 Å². The summed E-state index contributed by atoms with van der Waals surface area (Å²) in [6.45, 7) is 1.95. The Labute approximate surface area is 106 Å². The van der Waals surface area contributed by atoms with Crippen molar-refractivity contribution < 1.29 is 14.2 Å². The van der Waals surface area contributed by atoms with Crippen molar-refractivity contribution in [3.05, 3.63) is 29.6 Å². The van der Waals surface area contributed by atoms with Gasteiger partial charge in [-0.1, -0.05) is 0 Å². The zero-order chi connectivity index (χ0) is 12.8. The molecule has 2 heterocycles. The molecule has 3 nitrogen and oxygen atoms in total. The molecule has 4 heteroatoms. The van der Waals surface area contributed by atoms with Crippen LogP contribution in [0.1, 0.15) is 30.9 Å². The van der Waals surface area contributed by atoms with E-state index in [4.69, 9.17) is 4.74 Å². The minimum Gasteiger partial charge on any atom is -0.487 e. The zero-order valence-corrected chi connectivity index (χ0v) is 10.5. The Kier molecular flexibility index (Phi) is 2.79. The van der Waals surface area contributed by atoms with Crippen LogP contribution in [-0.2, 0) is 0 Å². The molecular weight excluding hydrogens is 233 g/mol. The molecule has 1 aromatic rings. The molecule has 0 bridgehead atoms. The van der Waals surface area contributed by atoms with Crippen LogP contribution in [0.25, 0.3) is 0 Å². The van der Waals surface area contributed by atoms with Gasteiger partial charge in [-0.25, -0.2) is 4.39 Å². The van der Waals surface area contributed by atoms with Crippen molar-refractivity contribution >= 4 is 0 Å². The molecule has 0 aromatic heterocycles. The highest BCUT2D eigenvalue weighted by Gasteiger charge is 2.42. The van der Waals surface area contributed by atoms with Crippen LogP contribution < -0.4 is 4.74 Å². The number of aliphatic hydroxyl groups is 1. The number of rotatable bonds is 0. The second-order valence-electron chi connectivity index (χ2n) is 5.49. The maximum Gasteiger partial charge on any atom is 0.126 e. The molecule has 1 aromatic carbocycles. The van der Waals surface area contributed by atoms with Gasteiger partial charge in [-0.3, -0.25) is 0 Å². The highest BCUT2D eigenvalue weighted by Crippen LogP contribution is 2.44. The predicted molar refractivity (Wildman–Crippen MR) is 66.1 cm³/mol. The summed E-state index contributed by atoms with van der Waals surface area (Å²) in [6.07, 6.45) is 1.78. The number of benzene rings is 1. The van der Waals surface area contributed by atoms with E-state index in [0.29, 0.717) is 17.7 Å². The molecule has 1 unspecified atom stereocenters. The average molecular weight is 251 g/mol. The molecule has 0 aliphatic carbocycles. The van der Waals surface area contributed by atoms with Crippen LogP contribution in [0.4, 0.5) is 4.39 Å². The topological polar surface area (TPSA) is 32.7 Å². The molecule has 98 valence electrons. The van der Waals surface area contributed by atoms with E-state index in [1.165, 1.54) is 12.1 Å². The summed E-state index contributed by atoms with van der Waals surface area (Å²) in [5.74, 6) is 0.315. The van der Waals surface area contributed by atoms with Crippen molar-refractivity contribution in [1.29, 1.82) is 0 Å². The van der Waals surface area contributed by atoms with Crippen molar-refractivity contribution in [1.82, 2.24) is 4.90 Å². The summed E-state index contributed by atoms with van der Waals surface area (Å²) in [5, 5.41) is 10.2. The lowest BCUT2D eigenvalue weighted by atomic mass is 9.82. The third-order valence-electron chi connectivity index (χ3n) is 4.12. The van der Waals surface area contributed by atoms with E-state index in [1.807, 2.05) is 0 Å². The number of nitrogens with zero attached hydrogens (tertiary/aromatic N) is 1. The van der Waals surface area contributed by atoms with Gasteiger partial charge >= 0.3 is 0 Å². The van der Waals surface area contributed by atoms with Crippen LogP contribution >= 0.6 is 0 Å². The summed E-state index contributed by atoms with van der Waals surface area (Å²) in [4.78, 5) is 2.27. The lowest BCUT2D eigenvalue weighted by Crippen LogP contribution is -2.49. The second-order valence-corrected chi connectivity index (χ2v) is 5.49. The van der Waals surface area contributed by atoms with E-state index < -0.39 is 6.10 Å². The van der Waals surface area contributed by atoms with Crippen molar-refractivity contribution in [3.63, 3.8) is 0 Å². The number of hydrogen-bond donors (Lipinski definition) is 1. The highest BCUT2D eigenvalue weighted by atomic mass is 19.1. The largest absolute Gasteiger partial charge is 0.487 e. The van der Waals surface area contributed by atoms with E-state index >= 15 is 0 Å². The third kappa shape index (κ3) is 1.99. The number of fused-ring (bicyclic) bond motifs is 1. The van der Waals surface area contributed by atoms with Gasteiger partial charge in [0.2, 0.25) is 0 Å². The molecule has 18 heavy (non-hydrogen) atoms. The fourth-order valence-electron chi connectivity index (χ4n) is 2.94. The first-order valence-corrected chi connectivity index (χ1v) is 6.43. The number of piperidine rings is 1. The lowest BCUT2D eigenvalue weighted by Gasteiger charge is -2.45. The van der Waals surface area contributed by atoms with Gasteiger partial charge in [-0.15, -0.1) is 0 Å². The Bertz CT molecular complexity index is 455. The van der Waals surface area contributed by atoms with Crippen LogP contribution in [-0.4, -0.2) is 35.7 Å². The van der Waals surface area contributed by atoms with E-state index in [-0.39, 0.29) is 11.4 Å². The van der Waals surface area contributed by atoms with Crippen LogP contribution in [0.5, 0.6) is 5.75 Å². The van der Waals surface area contributed by atoms with Crippen LogP contribution in [0.2, 0.25) is 0 Å². The van der Waals surface area contributed by atoms with Crippen molar-refractivity contribution in [2.75, 3.05) is 20.1 Å². The van der Waals surface area contributed by atoms with E-state index in [9.17, 15) is 9.50 Å². The van der Waals surface area contributed by atoms with Crippen molar-refractivity contribution in [3.8, 4) is 5.75 Å². The Balaban J connectivity index is 1.89. The van der Waals surface area contributed by atoms with Crippen molar-refractivity contribution in [2.45, 2.75) is 31.0 Å². The van der Waals surface area contributed by atoms with Crippen LogP contribution in [0.3, 0.4) is 0 Å². The zero-order valence-electron chi connectivity index (χ0n) is 10.5. The normalized spacial score (nSPS) is 26.7. The molecule has 0 radical (unpaired) electrons. The van der Waals surface area contributed by atoms with E-state index in [0.717, 1.165) is 25.9 Å². The van der Waals surface area contributed by atoms with Gasteiger partial charge < -0.3 is 14.7 Å². The first-order valence-electron chi connectivity index (χ1n) is 6.43. The SMILES string of the molecule is CN1CCC2(CC1)CC(O)c1cc(F)ccc1O2. The van der Waals surface area contributed by atoms with E-state index in [2.05, 4.69) is 11.9 Å². The minimum absolute atomic E-state index is 0.267. The maximum absolute atomic E-state index is 13.2. The number of aliphatic hydroxyl groups excluding tert-OH is 1. The summed E-state index contributed by atoms with van der Waals surface area (Å²) in [7, 11) is 2.09. The molecule has 3 rings (SSSR count). The quantitative estimate of drug-likeness (QED) is 0.766. The van der Waals surface area contributed by atoms with Gasteiger partial charge in [0.15, 0.2) is 0 Å². The fraction of sp³-hybridized carbons (Fsp3) is 0.571. The summed E-state index contributed by atoms with van der Waals surface area (Å²) in [6, 6.07) is 4.40. The maximum atomic E-state index is 13.2. The molecule has 1 N–H and O–H groups in total. The molecule has 1 atom stereocenters. The van der Waals surface area contributed by atoms with E-state index in [1.54, 1.807) is 6.07 Å². The van der Waals surface area contributed by atoms with Crippen LogP contribution in [0.15, 0.2) is 18.2 Å². The monoisotopic (exact) mass is 251 g/mol. The third-order valence-corrected chi connectivity index (χ3v) is 4.12. The van der Waals surface area contributed by atoms with Crippen LogP contribution in [0, 0.1) is 5.82 Å². The minimum atomic E-state index is -0.618. The van der Waals surface area contributed by atoms with Gasteiger partial charge in [0.25, 0.3) is 0 Å². The Hall–Kier alpha value is -1.13. The Morgan fingerprint density at radius 3 is 2.83 bits per heavy atom. The summed E-state index contributed by atoms with van der Waals surface area (Å²) >= 11 is 0. The summed E-state index contributed by atoms with van der Waals surface area (Å²) < 4.78 is 19.3. The Morgan fingerprint density at radius 2 is 2.11 bits per heavy atom. The molecule has 0 amide bonds. The molecule has 2 aliphatic rings. The predicted octanol–water partition coefficient (Wildman–Crippen LogP) is 2.11. The van der Waals surface area contributed by atoms with Gasteiger partial charge in [0.05, 0.1) is 6.10 Å². The first-order chi connectivity index (χ1) is 8.58. The summed E-state index contributed by atoms with van der Waals surface area (Å²) in [5.41, 5.74) is 0.316. The second kappa shape index (κ2) is 4.21. The molecular formula is C14H18FNO2. The smallest absolute Gasteiger partial charge is 0.126 e. The molecule has 1 fully saturated rings. The fourth-order valence-corrected chi connectivity index (χ4v) is 2.94. The number of ether oxygens (including phenoxy) is 1. The molecule has 0 saturated carbocycles. The first kappa shape index (κ1) is 11.9. The number of likely N-dealkylation sites (tertiary alicyclic amines) is 1. The average Bonchev–Trinajstić information content (AvgIpc) is 2.35. The van der Waals surface area contributed by atoms with Gasteiger partial charge in [-0.2, -0.15) is 0 Å². The molecule has 1 spiro atoms. The highest BCUT2D eigenvalue weighted by molar-refractivity contribution is 5.38. The standard InChI is InChI=1S/C14H18FNO2/c1-16-6-4-14(5-7-16)9-12(17)11-8-10(15)2-3-13(11)18-14/h2-3,8,12,17H,4-7,9H2,1H3. The van der Waals surface area contributed by atoms with Gasteiger partial charge in [-0.05, 0) is 38.1 Å².